The maximum absolute atomic E-state index is 5.57. The van der Waals surface area contributed by atoms with Crippen molar-refractivity contribution in [3.05, 3.63) is 0 Å². The van der Waals surface area contributed by atoms with Crippen molar-refractivity contribution in [3.63, 3.8) is 0 Å². The zero-order valence-corrected chi connectivity index (χ0v) is 13.8. The van der Waals surface area contributed by atoms with Gasteiger partial charge in [0.05, 0.1) is 18.8 Å². The highest BCUT2D eigenvalue weighted by Gasteiger charge is 2.16. The summed E-state index contributed by atoms with van der Waals surface area (Å²) in [6.07, 6.45) is 0.00889. The van der Waals surface area contributed by atoms with Crippen molar-refractivity contribution in [2.24, 2.45) is 5.92 Å². The Balaban J connectivity index is 2.94. The summed E-state index contributed by atoms with van der Waals surface area (Å²) in [6, 6.07) is 0.442. The van der Waals surface area contributed by atoms with E-state index in [0.717, 1.165) is 6.54 Å². The Bertz CT molecular complexity index is 426. The first-order chi connectivity index (χ1) is 9.96. The second-order valence-electron chi connectivity index (χ2n) is 5.41. The van der Waals surface area contributed by atoms with Gasteiger partial charge in [-0.25, -0.2) is 0 Å². The van der Waals surface area contributed by atoms with Crippen molar-refractivity contribution in [2.75, 3.05) is 30.9 Å². The lowest BCUT2D eigenvalue weighted by Crippen LogP contribution is -2.31. The summed E-state index contributed by atoms with van der Waals surface area (Å²) in [4.78, 5) is 12.9. The summed E-state index contributed by atoms with van der Waals surface area (Å²) in [5, 5.41) is 6.37. The first kappa shape index (κ1) is 17.4. The predicted molar refractivity (Wildman–Crippen MR) is 83.9 cm³/mol. The van der Waals surface area contributed by atoms with Crippen LogP contribution in [-0.4, -0.2) is 47.4 Å². The van der Waals surface area contributed by atoms with Gasteiger partial charge in [-0.05, 0) is 26.7 Å². The van der Waals surface area contributed by atoms with Crippen LogP contribution in [0.25, 0.3) is 0 Å². The number of aromatic nitrogens is 3. The molecule has 0 aliphatic heterocycles. The van der Waals surface area contributed by atoms with Gasteiger partial charge in [-0.3, -0.25) is 0 Å². The van der Waals surface area contributed by atoms with Gasteiger partial charge in [0.25, 0.3) is 0 Å². The van der Waals surface area contributed by atoms with E-state index in [4.69, 9.17) is 9.47 Å². The third-order valence-electron chi connectivity index (χ3n) is 2.76. The summed E-state index contributed by atoms with van der Waals surface area (Å²) in [5.74, 6) is 1.39. The summed E-state index contributed by atoms with van der Waals surface area (Å²) < 4.78 is 10.8. The molecule has 1 atom stereocenters. The standard InChI is InChI=1S/C14H27N5O2/c1-7-15-12-17-13(16-11(8-20-6)9(2)3)19-14(18-12)21-10(4)5/h9-11H,7-8H2,1-6H3,(H2,15,16,17,18,19). The molecule has 1 rings (SSSR count). The smallest absolute Gasteiger partial charge is 0.323 e. The van der Waals surface area contributed by atoms with E-state index in [2.05, 4.69) is 39.4 Å². The van der Waals surface area contributed by atoms with Crippen molar-refractivity contribution in [3.8, 4) is 6.01 Å². The van der Waals surface area contributed by atoms with Crippen LogP contribution in [0.1, 0.15) is 34.6 Å². The Morgan fingerprint density at radius 3 is 2.24 bits per heavy atom. The molecule has 0 saturated carbocycles. The number of nitrogens with one attached hydrogen (secondary N) is 2. The van der Waals surface area contributed by atoms with E-state index >= 15 is 0 Å². The molecule has 0 fully saturated rings. The Kier molecular flexibility index (Phi) is 7.14. The maximum Gasteiger partial charge on any atom is 0.323 e. The monoisotopic (exact) mass is 297 g/mol. The quantitative estimate of drug-likeness (QED) is 0.723. The van der Waals surface area contributed by atoms with Crippen LogP contribution in [0.5, 0.6) is 6.01 Å². The van der Waals surface area contributed by atoms with Crippen LogP contribution in [-0.2, 0) is 4.74 Å². The maximum atomic E-state index is 5.57. The first-order valence-corrected chi connectivity index (χ1v) is 7.38. The van der Waals surface area contributed by atoms with Crippen LogP contribution in [0.15, 0.2) is 0 Å². The molecule has 1 aromatic heterocycles. The largest absolute Gasteiger partial charge is 0.461 e. The normalized spacial score (nSPS) is 12.6. The molecule has 0 saturated heterocycles. The highest BCUT2D eigenvalue weighted by Crippen LogP contribution is 2.15. The molecule has 0 aromatic carbocycles. The highest BCUT2D eigenvalue weighted by molar-refractivity contribution is 5.36. The molecule has 7 heteroatoms. The molecule has 7 nitrogen and oxygen atoms in total. The molecule has 0 spiro atoms. The molecule has 0 radical (unpaired) electrons. The predicted octanol–water partition coefficient (Wildman–Crippen LogP) is 2.17. The van der Waals surface area contributed by atoms with Crippen LogP contribution in [0.2, 0.25) is 0 Å². The Morgan fingerprint density at radius 1 is 1.05 bits per heavy atom. The van der Waals surface area contributed by atoms with Gasteiger partial charge in [0.2, 0.25) is 11.9 Å². The van der Waals surface area contributed by atoms with Crippen molar-refractivity contribution >= 4 is 11.9 Å². The average molecular weight is 297 g/mol. The van der Waals surface area contributed by atoms with E-state index < -0.39 is 0 Å². The number of ether oxygens (including phenoxy) is 2. The number of anilines is 2. The number of rotatable bonds is 9. The van der Waals surface area contributed by atoms with Crippen LogP contribution in [0.4, 0.5) is 11.9 Å². The van der Waals surface area contributed by atoms with E-state index in [0.29, 0.717) is 30.4 Å². The van der Waals surface area contributed by atoms with Crippen molar-refractivity contribution in [1.29, 1.82) is 0 Å². The Hall–Kier alpha value is -1.63. The fourth-order valence-electron chi connectivity index (χ4n) is 1.67. The van der Waals surface area contributed by atoms with Gasteiger partial charge in [-0.2, -0.15) is 15.0 Å². The SMILES string of the molecule is CCNc1nc(NC(COC)C(C)C)nc(OC(C)C)n1. The average Bonchev–Trinajstić information content (AvgIpc) is 2.37. The van der Waals surface area contributed by atoms with Gasteiger partial charge in [0.1, 0.15) is 0 Å². The molecule has 120 valence electrons. The van der Waals surface area contributed by atoms with Crippen LogP contribution in [0.3, 0.4) is 0 Å². The first-order valence-electron chi connectivity index (χ1n) is 7.38. The minimum absolute atomic E-state index is 0.00889. The van der Waals surface area contributed by atoms with Crippen LogP contribution < -0.4 is 15.4 Å². The molecule has 0 bridgehead atoms. The lowest BCUT2D eigenvalue weighted by atomic mass is 10.1. The van der Waals surface area contributed by atoms with Gasteiger partial charge in [-0.15, -0.1) is 0 Å². The van der Waals surface area contributed by atoms with E-state index in [9.17, 15) is 0 Å². The van der Waals surface area contributed by atoms with E-state index in [1.54, 1.807) is 7.11 Å². The zero-order valence-electron chi connectivity index (χ0n) is 13.8. The Labute approximate surface area is 126 Å². The molecular formula is C14H27N5O2. The highest BCUT2D eigenvalue weighted by atomic mass is 16.5. The van der Waals surface area contributed by atoms with Gasteiger partial charge >= 0.3 is 6.01 Å². The van der Waals surface area contributed by atoms with E-state index in [1.165, 1.54) is 0 Å². The van der Waals surface area contributed by atoms with Gasteiger partial charge in [-0.1, -0.05) is 13.8 Å². The van der Waals surface area contributed by atoms with E-state index in [1.807, 2.05) is 20.8 Å². The number of hydrogen-bond acceptors (Lipinski definition) is 7. The number of nitrogens with zero attached hydrogens (tertiary/aromatic N) is 3. The Morgan fingerprint density at radius 2 is 1.71 bits per heavy atom. The topological polar surface area (TPSA) is 81.2 Å². The number of methoxy groups -OCH3 is 1. The molecule has 0 aliphatic carbocycles. The summed E-state index contributed by atoms with van der Waals surface area (Å²) >= 11 is 0. The second kappa shape index (κ2) is 8.61. The lowest BCUT2D eigenvalue weighted by molar-refractivity contribution is 0.170. The second-order valence-corrected chi connectivity index (χ2v) is 5.41. The molecule has 1 unspecified atom stereocenters. The van der Waals surface area contributed by atoms with Crippen LogP contribution >= 0.6 is 0 Å². The molecule has 1 heterocycles. The zero-order chi connectivity index (χ0) is 15.8. The fraction of sp³-hybridized carbons (Fsp3) is 0.786. The molecule has 1 aromatic rings. The van der Waals surface area contributed by atoms with Crippen molar-refractivity contribution in [2.45, 2.75) is 46.8 Å². The summed E-state index contributed by atoms with van der Waals surface area (Å²) in [7, 11) is 1.68. The van der Waals surface area contributed by atoms with Crippen molar-refractivity contribution < 1.29 is 9.47 Å². The molecule has 2 N–H and O–H groups in total. The minimum Gasteiger partial charge on any atom is -0.461 e. The minimum atomic E-state index is 0.00889. The lowest BCUT2D eigenvalue weighted by Gasteiger charge is -2.22. The third kappa shape index (κ3) is 6.12. The fourth-order valence-corrected chi connectivity index (χ4v) is 1.67. The number of hydrogen-bond donors (Lipinski definition) is 2. The third-order valence-corrected chi connectivity index (χ3v) is 2.76. The van der Waals surface area contributed by atoms with Gasteiger partial charge in [0.15, 0.2) is 0 Å². The molecule has 0 amide bonds. The van der Waals surface area contributed by atoms with Crippen LogP contribution in [0, 0.1) is 5.92 Å². The van der Waals surface area contributed by atoms with Crippen molar-refractivity contribution in [1.82, 2.24) is 15.0 Å². The summed E-state index contributed by atoms with van der Waals surface area (Å²) in [5.41, 5.74) is 0. The van der Waals surface area contributed by atoms with Gasteiger partial charge in [0, 0.05) is 13.7 Å². The molecule has 0 aliphatic rings. The van der Waals surface area contributed by atoms with Gasteiger partial charge < -0.3 is 20.1 Å². The summed E-state index contributed by atoms with van der Waals surface area (Å²) in [6.45, 7) is 11.4. The van der Waals surface area contributed by atoms with E-state index in [-0.39, 0.29) is 12.1 Å². The molecular weight excluding hydrogens is 270 g/mol. The molecule has 21 heavy (non-hydrogen) atoms.